The van der Waals surface area contributed by atoms with Crippen LogP contribution in [-0.2, 0) is 0 Å². The average molecular weight is 233 g/mol. The maximum Gasteiger partial charge on any atom is 0.0795 e. The van der Waals surface area contributed by atoms with Crippen molar-refractivity contribution in [2.75, 3.05) is 0 Å². The summed E-state index contributed by atoms with van der Waals surface area (Å²) in [5.74, 6) is 0. The quantitative estimate of drug-likeness (QED) is 0.882. The van der Waals surface area contributed by atoms with Crippen LogP contribution >= 0.6 is 11.3 Å². The van der Waals surface area contributed by atoms with Gasteiger partial charge in [0.2, 0.25) is 0 Å². The zero-order chi connectivity index (χ0) is 11.4. The number of nitrogens with one attached hydrogen (secondary N) is 1. The van der Waals surface area contributed by atoms with Crippen LogP contribution in [0.4, 0.5) is 0 Å². The minimum absolute atomic E-state index is 0.265. The van der Waals surface area contributed by atoms with Gasteiger partial charge in [-0.05, 0) is 25.5 Å². The molecule has 84 valence electrons. The molecule has 0 bridgehead atoms. The van der Waals surface area contributed by atoms with E-state index in [-0.39, 0.29) is 12.1 Å². The van der Waals surface area contributed by atoms with Gasteiger partial charge >= 0.3 is 0 Å². The molecule has 0 amide bonds. The van der Waals surface area contributed by atoms with Gasteiger partial charge in [-0.2, -0.15) is 0 Å². The normalized spacial score (nSPS) is 14.6. The van der Waals surface area contributed by atoms with Gasteiger partial charge in [-0.3, -0.25) is 4.98 Å². The van der Waals surface area contributed by atoms with Gasteiger partial charge < -0.3 is 5.32 Å². The summed E-state index contributed by atoms with van der Waals surface area (Å²) >= 11 is 1.63. The highest BCUT2D eigenvalue weighted by molar-refractivity contribution is 7.07. The lowest BCUT2D eigenvalue weighted by Crippen LogP contribution is -2.22. The van der Waals surface area contributed by atoms with Crippen molar-refractivity contribution in [1.82, 2.24) is 15.3 Å². The second-order valence-corrected chi connectivity index (χ2v) is 4.53. The Morgan fingerprint density at radius 2 is 2.19 bits per heavy atom. The molecule has 0 aliphatic carbocycles. The number of hydrogen-bond acceptors (Lipinski definition) is 4. The molecule has 2 atom stereocenters. The number of thiazole rings is 1. The van der Waals surface area contributed by atoms with Crippen molar-refractivity contribution in [3.63, 3.8) is 0 Å². The Kier molecular flexibility index (Phi) is 3.64. The standard InChI is InChI=1S/C12H15N3S/c1-9(11-4-3-5-13-6-11)15-10(2)12-7-16-8-14-12/h3-10,15H,1-2H3/t9-,10?/m0/s1. The lowest BCUT2D eigenvalue weighted by atomic mass is 10.1. The third-order valence-electron chi connectivity index (χ3n) is 2.58. The smallest absolute Gasteiger partial charge is 0.0795 e. The van der Waals surface area contributed by atoms with Gasteiger partial charge in [-0.15, -0.1) is 11.3 Å². The summed E-state index contributed by atoms with van der Waals surface area (Å²) in [6.45, 7) is 4.27. The van der Waals surface area contributed by atoms with Gasteiger partial charge in [0, 0.05) is 29.9 Å². The molecule has 0 aliphatic rings. The first-order valence-electron chi connectivity index (χ1n) is 5.31. The van der Waals surface area contributed by atoms with Gasteiger partial charge in [0.25, 0.3) is 0 Å². The zero-order valence-electron chi connectivity index (χ0n) is 9.42. The Morgan fingerprint density at radius 3 is 2.81 bits per heavy atom. The predicted molar refractivity (Wildman–Crippen MR) is 66.3 cm³/mol. The van der Waals surface area contributed by atoms with E-state index in [0.717, 1.165) is 5.69 Å². The SMILES string of the molecule is CC(N[C@@H](C)c1cccnc1)c1cscn1. The highest BCUT2D eigenvalue weighted by atomic mass is 32.1. The summed E-state index contributed by atoms with van der Waals surface area (Å²) < 4.78 is 0. The van der Waals surface area contributed by atoms with Crippen LogP contribution in [0.2, 0.25) is 0 Å². The number of rotatable bonds is 4. The second-order valence-electron chi connectivity index (χ2n) is 3.81. The highest BCUT2D eigenvalue weighted by Crippen LogP contribution is 2.18. The highest BCUT2D eigenvalue weighted by Gasteiger charge is 2.12. The van der Waals surface area contributed by atoms with Crippen molar-refractivity contribution in [2.24, 2.45) is 0 Å². The first-order valence-corrected chi connectivity index (χ1v) is 6.25. The molecule has 4 heteroatoms. The molecule has 16 heavy (non-hydrogen) atoms. The third kappa shape index (κ3) is 2.65. The van der Waals surface area contributed by atoms with E-state index in [1.54, 1.807) is 17.5 Å². The first kappa shape index (κ1) is 11.2. The summed E-state index contributed by atoms with van der Waals surface area (Å²) in [5, 5.41) is 5.58. The largest absolute Gasteiger partial charge is 0.302 e. The minimum Gasteiger partial charge on any atom is -0.302 e. The molecule has 2 heterocycles. The van der Waals surface area contributed by atoms with E-state index in [1.807, 2.05) is 17.8 Å². The molecule has 2 aromatic rings. The van der Waals surface area contributed by atoms with Gasteiger partial charge in [0.05, 0.1) is 11.2 Å². The summed E-state index contributed by atoms with van der Waals surface area (Å²) in [6, 6.07) is 4.59. The van der Waals surface area contributed by atoms with Crippen LogP contribution in [-0.4, -0.2) is 9.97 Å². The van der Waals surface area contributed by atoms with E-state index in [1.165, 1.54) is 5.56 Å². The Bertz CT molecular complexity index is 413. The number of aromatic nitrogens is 2. The molecule has 0 saturated heterocycles. The molecular formula is C12H15N3S. The van der Waals surface area contributed by atoms with E-state index >= 15 is 0 Å². The predicted octanol–water partition coefficient (Wildman–Crippen LogP) is 2.95. The molecule has 0 aromatic carbocycles. The van der Waals surface area contributed by atoms with E-state index in [0.29, 0.717) is 0 Å². The molecule has 2 aromatic heterocycles. The summed E-state index contributed by atoms with van der Waals surface area (Å²) in [4.78, 5) is 8.43. The van der Waals surface area contributed by atoms with Crippen molar-refractivity contribution in [1.29, 1.82) is 0 Å². The van der Waals surface area contributed by atoms with Crippen molar-refractivity contribution < 1.29 is 0 Å². The fraction of sp³-hybridized carbons (Fsp3) is 0.333. The van der Waals surface area contributed by atoms with E-state index in [2.05, 4.69) is 40.6 Å². The summed E-state index contributed by atoms with van der Waals surface area (Å²) in [7, 11) is 0. The maximum atomic E-state index is 4.30. The van der Waals surface area contributed by atoms with Crippen LogP contribution in [0.3, 0.4) is 0 Å². The van der Waals surface area contributed by atoms with Gasteiger partial charge in [0.1, 0.15) is 0 Å². The molecule has 1 unspecified atom stereocenters. The van der Waals surface area contributed by atoms with E-state index in [4.69, 9.17) is 0 Å². The Hall–Kier alpha value is -1.26. The van der Waals surface area contributed by atoms with Crippen LogP contribution in [0.25, 0.3) is 0 Å². The first-order chi connectivity index (χ1) is 7.77. The van der Waals surface area contributed by atoms with E-state index in [9.17, 15) is 0 Å². The molecule has 0 spiro atoms. The molecule has 0 saturated carbocycles. The van der Waals surface area contributed by atoms with E-state index < -0.39 is 0 Å². The zero-order valence-corrected chi connectivity index (χ0v) is 10.2. The van der Waals surface area contributed by atoms with Crippen molar-refractivity contribution in [3.8, 4) is 0 Å². The van der Waals surface area contributed by atoms with Crippen LogP contribution in [0.15, 0.2) is 35.4 Å². The molecule has 0 aliphatic heterocycles. The third-order valence-corrected chi connectivity index (χ3v) is 3.18. The van der Waals surface area contributed by atoms with Gasteiger partial charge in [0.15, 0.2) is 0 Å². The lowest BCUT2D eigenvalue weighted by molar-refractivity contribution is 0.487. The maximum absolute atomic E-state index is 4.30. The molecule has 2 rings (SSSR count). The second kappa shape index (κ2) is 5.18. The lowest BCUT2D eigenvalue weighted by Gasteiger charge is -2.18. The minimum atomic E-state index is 0.265. The van der Waals surface area contributed by atoms with Crippen LogP contribution in [0, 0.1) is 0 Å². The van der Waals surface area contributed by atoms with Crippen LogP contribution in [0.1, 0.15) is 37.2 Å². The van der Waals surface area contributed by atoms with Crippen LogP contribution < -0.4 is 5.32 Å². The Labute approximate surface area is 99.6 Å². The number of pyridine rings is 1. The van der Waals surface area contributed by atoms with Crippen molar-refractivity contribution in [3.05, 3.63) is 46.7 Å². The molecular weight excluding hydrogens is 218 g/mol. The molecule has 3 nitrogen and oxygen atoms in total. The molecule has 0 fully saturated rings. The Balaban J connectivity index is 2.00. The summed E-state index contributed by atoms with van der Waals surface area (Å²) in [6.07, 6.45) is 3.69. The molecule has 0 radical (unpaired) electrons. The van der Waals surface area contributed by atoms with Crippen molar-refractivity contribution in [2.45, 2.75) is 25.9 Å². The number of hydrogen-bond donors (Lipinski definition) is 1. The van der Waals surface area contributed by atoms with Crippen molar-refractivity contribution >= 4 is 11.3 Å². The Morgan fingerprint density at radius 1 is 1.31 bits per heavy atom. The fourth-order valence-corrected chi connectivity index (χ4v) is 2.27. The monoisotopic (exact) mass is 233 g/mol. The summed E-state index contributed by atoms with van der Waals surface area (Å²) in [5.41, 5.74) is 4.16. The average Bonchev–Trinajstić information content (AvgIpc) is 2.83. The van der Waals surface area contributed by atoms with Crippen LogP contribution in [0.5, 0.6) is 0 Å². The molecule has 1 N–H and O–H groups in total. The van der Waals surface area contributed by atoms with Gasteiger partial charge in [-0.25, -0.2) is 4.98 Å². The van der Waals surface area contributed by atoms with Gasteiger partial charge in [-0.1, -0.05) is 6.07 Å². The fourth-order valence-electron chi connectivity index (χ4n) is 1.62. The number of nitrogens with zero attached hydrogens (tertiary/aromatic N) is 2. The topological polar surface area (TPSA) is 37.8 Å².